The number of ether oxygens (including phenoxy) is 1. The van der Waals surface area contributed by atoms with E-state index in [1.54, 1.807) is 6.92 Å². The van der Waals surface area contributed by atoms with Gasteiger partial charge < -0.3 is 10.1 Å². The quantitative estimate of drug-likeness (QED) is 0.763. The fourth-order valence-electron chi connectivity index (χ4n) is 2.59. The maximum absolute atomic E-state index is 13.6. The molecule has 0 bridgehead atoms. The van der Waals surface area contributed by atoms with Gasteiger partial charge in [-0.25, -0.2) is 9.18 Å². The van der Waals surface area contributed by atoms with Crippen LogP contribution in [0.1, 0.15) is 47.7 Å². The van der Waals surface area contributed by atoms with Crippen molar-refractivity contribution in [3.63, 3.8) is 0 Å². The third-order valence-electron chi connectivity index (χ3n) is 4.35. The monoisotopic (exact) mass is 357 g/mol. The van der Waals surface area contributed by atoms with E-state index in [1.165, 1.54) is 19.1 Å². The second-order valence-corrected chi connectivity index (χ2v) is 6.27. The topological polar surface area (TPSA) is 55.4 Å². The minimum absolute atomic E-state index is 0.0865. The SMILES string of the molecule is CC[C@@H](CNC(=O)[C@H](C)OC(=O)c1ccc(C)c(F)c1)c1ccccc1. The highest BCUT2D eigenvalue weighted by molar-refractivity contribution is 5.92. The molecule has 0 saturated heterocycles. The van der Waals surface area contributed by atoms with Crippen LogP contribution < -0.4 is 5.32 Å². The first-order valence-electron chi connectivity index (χ1n) is 8.72. The Bertz CT molecular complexity index is 761. The highest BCUT2D eigenvalue weighted by Crippen LogP contribution is 2.18. The van der Waals surface area contributed by atoms with Gasteiger partial charge in [0.25, 0.3) is 5.91 Å². The van der Waals surface area contributed by atoms with Crippen molar-refractivity contribution < 1.29 is 18.7 Å². The van der Waals surface area contributed by atoms with E-state index in [-0.39, 0.29) is 17.4 Å². The molecule has 5 heteroatoms. The molecular weight excluding hydrogens is 333 g/mol. The maximum atomic E-state index is 13.6. The number of carbonyl (C=O) groups excluding carboxylic acids is 2. The van der Waals surface area contributed by atoms with Gasteiger partial charge in [-0.3, -0.25) is 4.79 Å². The molecular formula is C21H24FNO3. The number of nitrogens with one attached hydrogen (secondary N) is 1. The van der Waals surface area contributed by atoms with E-state index in [0.29, 0.717) is 12.1 Å². The van der Waals surface area contributed by atoms with Crippen LogP contribution in [-0.4, -0.2) is 24.5 Å². The number of hydrogen-bond donors (Lipinski definition) is 1. The van der Waals surface area contributed by atoms with Gasteiger partial charge in [0, 0.05) is 12.5 Å². The van der Waals surface area contributed by atoms with Crippen LogP contribution in [0.4, 0.5) is 4.39 Å². The lowest BCUT2D eigenvalue weighted by Crippen LogP contribution is -2.38. The standard InChI is InChI=1S/C21H24FNO3/c1-4-16(17-8-6-5-7-9-17)13-23-20(24)15(3)26-21(25)18-11-10-14(2)19(22)12-18/h5-12,15-16H,4,13H2,1-3H3,(H,23,24)/t15-,16-/m0/s1. The zero-order valence-electron chi connectivity index (χ0n) is 15.3. The second-order valence-electron chi connectivity index (χ2n) is 6.27. The third kappa shape index (κ3) is 5.15. The Hall–Kier alpha value is -2.69. The summed E-state index contributed by atoms with van der Waals surface area (Å²) < 4.78 is 18.7. The number of halogens is 1. The van der Waals surface area contributed by atoms with Crippen molar-refractivity contribution in [1.82, 2.24) is 5.32 Å². The normalized spacial score (nSPS) is 12.9. The van der Waals surface area contributed by atoms with E-state index < -0.39 is 17.9 Å². The summed E-state index contributed by atoms with van der Waals surface area (Å²) in [7, 11) is 0. The van der Waals surface area contributed by atoms with E-state index in [1.807, 2.05) is 30.3 Å². The van der Waals surface area contributed by atoms with Gasteiger partial charge in [-0.15, -0.1) is 0 Å². The van der Waals surface area contributed by atoms with E-state index in [9.17, 15) is 14.0 Å². The lowest BCUT2D eigenvalue weighted by atomic mass is 9.96. The molecule has 2 aromatic carbocycles. The molecule has 0 aliphatic carbocycles. The third-order valence-corrected chi connectivity index (χ3v) is 4.35. The van der Waals surface area contributed by atoms with Crippen LogP contribution in [0.15, 0.2) is 48.5 Å². The van der Waals surface area contributed by atoms with Gasteiger partial charge in [-0.2, -0.15) is 0 Å². The summed E-state index contributed by atoms with van der Waals surface area (Å²) in [6.07, 6.45) is -0.0821. The Morgan fingerprint density at radius 3 is 2.46 bits per heavy atom. The molecule has 0 aliphatic heterocycles. The number of amides is 1. The van der Waals surface area contributed by atoms with Crippen LogP contribution in [0, 0.1) is 12.7 Å². The molecule has 0 spiro atoms. The van der Waals surface area contributed by atoms with Crippen molar-refractivity contribution in [1.29, 1.82) is 0 Å². The van der Waals surface area contributed by atoms with E-state index in [4.69, 9.17) is 4.74 Å². The van der Waals surface area contributed by atoms with Gasteiger partial charge in [-0.1, -0.05) is 43.3 Å². The number of aryl methyl sites for hydroxylation is 1. The summed E-state index contributed by atoms with van der Waals surface area (Å²) in [6, 6.07) is 14.0. The Morgan fingerprint density at radius 2 is 1.85 bits per heavy atom. The number of benzene rings is 2. The van der Waals surface area contributed by atoms with Gasteiger partial charge in [-0.05, 0) is 43.5 Å². The summed E-state index contributed by atoms with van der Waals surface area (Å²) in [5.74, 6) is -1.39. The smallest absolute Gasteiger partial charge is 0.339 e. The molecule has 0 aromatic heterocycles. The van der Waals surface area contributed by atoms with Crippen molar-refractivity contribution in [2.24, 2.45) is 0 Å². The predicted molar refractivity (Wildman–Crippen MR) is 98.5 cm³/mol. The van der Waals surface area contributed by atoms with Gasteiger partial charge >= 0.3 is 5.97 Å². The van der Waals surface area contributed by atoms with Crippen LogP contribution in [-0.2, 0) is 9.53 Å². The van der Waals surface area contributed by atoms with E-state index >= 15 is 0 Å². The lowest BCUT2D eigenvalue weighted by Gasteiger charge is -2.18. The fraction of sp³-hybridized carbons (Fsp3) is 0.333. The van der Waals surface area contributed by atoms with Gasteiger partial charge in [0.15, 0.2) is 6.10 Å². The summed E-state index contributed by atoms with van der Waals surface area (Å²) in [6.45, 7) is 5.62. The summed E-state index contributed by atoms with van der Waals surface area (Å²) >= 11 is 0. The van der Waals surface area contributed by atoms with Gasteiger partial charge in [0.1, 0.15) is 5.82 Å². The Kier molecular flexibility index (Phi) is 6.89. The Morgan fingerprint density at radius 1 is 1.15 bits per heavy atom. The van der Waals surface area contributed by atoms with Crippen molar-refractivity contribution in [3.05, 3.63) is 71.0 Å². The first-order valence-corrected chi connectivity index (χ1v) is 8.72. The second kappa shape index (κ2) is 9.13. The molecule has 0 saturated carbocycles. The van der Waals surface area contributed by atoms with Crippen molar-refractivity contribution in [2.75, 3.05) is 6.54 Å². The summed E-state index contributed by atoms with van der Waals surface area (Å²) in [5.41, 5.74) is 1.68. The van der Waals surface area contributed by atoms with Gasteiger partial charge in [0.2, 0.25) is 0 Å². The molecule has 138 valence electrons. The molecule has 4 nitrogen and oxygen atoms in total. The van der Waals surface area contributed by atoms with Crippen LogP contribution in [0.25, 0.3) is 0 Å². The fourth-order valence-corrected chi connectivity index (χ4v) is 2.59. The first kappa shape index (κ1) is 19.6. The minimum Gasteiger partial charge on any atom is -0.449 e. The number of hydrogen-bond acceptors (Lipinski definition) is 3. The lowest BCUT2D eigenvalue weighted by molar-refractivity contribution is -0.129. The zero-order valence-corrected chi connectivity index (χ0v) is 15.3. The molecule has 0 aliphatic rings. The molecule has 0 radical (unpaired) electrons. The molecule has 26 heavy (non-hydrogen) atoms. The van der Waals surface area contributed by atoms with E-state index in [0.717, 1.165) is 18.1 Å². The molecule has 2 atom stereocenters. The molecule has 2 aromatic rings. The molecule has 1 amide bonds. The van der Waals surface area contributed by atoms with Crippen LogP contribution in [0.5, 0.6) is 0 Å². The highest BCUT2D eigenvalue weighted by atomic mass is 19.1. The van der Waals surface area contributed by atoms with Gasteiger partial charge in [0.05, 0.1) is 5.56 Å². The molecule has 1 N–H and O–H groups in total. The maximum Gasteiger partial charge on any atom is 0.339 e. The number of carbonyl (C=O) groups is 2. The van der Waals surface area contributed by atoms with Crippen molar-refractivity contribution in [2.45, 2.75) is 39.2 Å². The van der Waals surface area contributed by atoms with E-state index in [2.05, 4.69) is 12.2 Å². The summed E-state index contributed by atoms with van der Waals surface area (Å²) in [5, 5.41) is 2.82. The zero-order chi connectivity index (χ0) is 19.1. The van der Waals surface area contributed by atoms with Crippen LogP contribution in [0.2, 0.25) is 0 Å². The summed E-state index contributed by atoms with van der Waals surface area (Å²) in [4.78, 5) is 24.3. The Labute approximate surface area is 153 Å². The number of rotatable bonds is 7. The number of esters is 1. The van der Waals surface area contributed by atoms with Crippen LogP contribution >= 0.6 is 0 Å². The molecule has 0 heterocycles. The average Bonchev–Trinajstić information content (AvgIpc) is 2.65. The minimum atomic E-state index is -0.958. The molecule has 0 unspecified atom stereocenters. The van der Waals surface area contributed by atoms with Crippen molar-refractivity contribution in [3.8, 4) is 0 Å². The largest absolute Gasteiger partial charge is 0.449 e. The first-order chi connectivity index (χ1) is 12.4. The average molecular weight is 357 g/mol. The Balaban J connectivity index is 1.90. The highest BCUT2D eigenvalue weighted by Gasteiger charge is 2.20. The van der Waals surface area contributed by atoms with Crippen molar-refractivity contribution >= 4 is 11.9 Å². The molecule has 0 fully saturated rings. The molecule has 2 rings (SSSR count). The predicted octanol–water partition coefficient (Wildman–Crippen LogP) is 3.99. The van der Waals surface area contributed by atoms with Crippen LogP contribution in [0.3, 0.4) is 0 Å².